The molecule has 0 amide bonds. The Morgan fingerprint density at radius 3 is 2.57 bits per heavy atom. The molecule has 0 aliphatic carbocycles. The summed E-state index contributed by atoms with van der Waals surface area (Å²) < 4.78 is 33.6. The molecule has 1 atom stereocenters. The van der Waals surface area contributed by atoms with E-state index < -0.39 is 5.60 Å². The van der Waals surface area contributed by atoms with Gasteiger partial charge in [0.15, 0.2) is 0 Å². The SMILES string of the molecule is C=C1C=C(C2(c3ccc(F)cc3)CCCO2)C(F)=CN1C. The molecule has 1 fully saturated rings. The largest absolute Gasteiger partial charge is 0.365 e. The van der Waals surface area contributed by atoms with Gasteiger partial charge in [0, 0.05) is 31.1 Å². The summed E-state index contributed by atoms with van der Waals surface area (Å²) >= 11 is 0. The summed E-state index contributed by atoms with van der Waals surface area (Å²) in [4.78, 5) is 1.63. The van der Waals surface area contributed by atoms with Gasteiger partial charge in [-0.15, -0.1) is 0 Å². The van der Waals surface area contributed by atoms with Gasteiger partial charge in [-0.2, -0.15) is 0 Å². The number of hydrogen-bond acceptors (Lipinski definition) is 2. The zero-order valence-electron chi connectivity index (χ0n) is 11.9. The van der Waals surface area contributed by atoms with Crippen molar-refractivity contribution < 1.29 is 13.5 Å². The number of halogens is 2. The zero-order chi connectivity index (χ0) is 15.0. The minimum atomic E-state index is -0.849. The normalized spacial score (nSPS) is 25.9. The van der Waals surface area contributed by atoms with E-state index in [1.54, 1.807) is 30.2 Å². The first-order valence-electron chi connectivity index (χ1n) is 6.94. The summed E-state index contributed by atoms with van der Waals surface area (Å²) in [7, 11) is 1.75. The Morgan fingerprint density at radius 1 is 1.24 bits per heavy atom. The second-order valence-electron chi connectivity index (χ2n) is 5.42. The molecule has 1 unspecified atom stereocenters. The molecule has 0 spiro atoms. The molecule has 0 saturated carbocycles. The number of benzene rings is 1. The van der Waals surface area contributed by atoms with Crippen molar-refractivity contribution in [1.82, 2.24) is 4.90 Å². The van der Waals surface area contributed by atoms with Crippen molar-refractivity contribution in [2.75, 3.05) is 13.7 Å². The van der Waals surface area contributed by atoms with Crippen molar-refractivity contribution in [3.63, 3.8) is 0 Å². The Labute approximate surface area is 123 Å². The number of hydrogen-bond donors (Lipinski definition) is 0. The third-order valence-corrected chi connectivity index (χ3v) is 4.10. The first-order chi connectivity index (χ1) is 10.0. The van der Waals surface area contributed by atoms with E-state index in [9.17, 15) is 8.78 Å². The third-order valence-electron chi connectivity index (χ3n) is 4.10. The van der Waals surface area contributed by atoms with Gasteiger partial charge in [-0.25, -0.2) is 8.78 Å². The Bertz CT molecular complexity index is 625. The van der Waals surface area contributed by atoms with Crippen molar-refractivity contribution in [2.24, 2.45) is 0 Å². The second-order valence-corrected chi connectivity index (χ2v) is 5.42. The van der Waals surface area contributed by atoms with E-state index >= 15 is 0 Å². The highest BCUT2D eigenvalue weighted by atomic mass is 19.1. The Kier molecular flexibility index (Phi) is 3.41. The highest BCUT2D eigenvalue weighted by Gasteiger charge is 2.43. The van der Waals surface area contributed by atoms with Crippen molar-refractivity contribution in [3.8, 4) is 0 Å². The van der Waals surface area contributed by atoms with E-state index in [4.69, 9.17) is 4.74 Å². The van der Waals surface area contributed by atoms with E-state index in [1.807, 2.05) is 0 Å². The Morgan fingerprint density at radius 2 is 1.95 bits per heavy atom. The minimum Gasteiger partial charge on any atom is -0.365 e. The maximum Gasteiger partial charge on any atom is 0.145 e. The molecule has 2 aliphatic heterocycles. The van der Waals surface area contributed by atoms with Crippen LogP contribution >= 0.6 is 0 Å². The summed E-state index contributed by atoms with van der Waals surface area (Å²) in [5, 5.41) is 0. The average Bonchev–Trinajstić information content (AvgIpc) is 2.94. The molecule has 0 N–H and O–H groups in total. The highest BCUT2D eigenvalue weighted by Crippen LogP contribution is 2.47. The molecule has 2 aliphatic rings. The summed E-state index contributed by atoms with van der Waals surface area (Å²) in [5.41, 5.74) is 1.09. The van der Waals surface area contributed by atoms with E-state index in [2.05, 4.69) is 6.58 Å². The fraction of sp³-hybridized carbons (Fsp3) is 0.294. The lowest BCUT2D eigenvalue weighted by Gasteiger charge is -2.34. The third kappa shape index (κ3) is 2.29. The van der Waals surface area contributed by atoms with Crippen LogP contribution in [0.25, 0.3) is 0 Å². The van der Waals surface area contributed by atoms with Gasteiger partial charge in [0.05, 0.1) is 0 Å². The average molecular weight is 289 g/mol. The fourth-order valence-corrected chi connectivity index (χ4v) is 2.92. The molecule has 21 heavy (non-hydrogen) atoms. The van der Waals surface area contributed by atoms with Crippen molar-refractivity contribution >= 4 is 0 Å². The smallest absolute Gasteiger partial charge is 0.145 e. The molecule has 2 heterocycles. The predicted molar refractivity (Wildman–Crippen MR) is 77.4 cm³/mol. The lowest BCUT2D eigenvalue weighted by atomic mass is 9.81. The van der Waals surface area contributed by atoms with Gasteiger partial charge in [-0.3, -0.25) is 0 Å². The summed E-state index contributed by atoms with van der Waals surface area (Å²) in [6, 6.07) is 6.08. The minimum absolute atomic E-state index is 0.315. The molecule has 110 valence electrons. The Hall–Kier alpha value is -1.94. The number of likely N-dealkylation sites (N-methyl/N-ethyl adjacent to an activating group) is 1. The van der Waals surface area contributed by atoms with E-state index in [0.717, 1.165) is 12.0 Å². The Balaban J connectivity index is 2.10. The molecule has 1 saturated heterocycles. The van der Waals surface area contributed by atoms with Gasteiger partial charge in [-0.05, 0) is 36.6 Å². The molecule has 1 aromatic carbocycles. The van der Waals surface area contributed by atoms with Gasteiger partial charge < -0.3 is 9.64 Å². The van der Waals surface area contributed by atoms with Crippen LogP contribution in [0.3, 0.4) is 0 Å². The lowest BCUT2D eigenvalue weighted by molar-refractivity contribution is 0.0313. The monoisotopic (exact) mass is 289 g/mol. The van der Waals surface area contributed by atoms with Crippen molar-refractivity contribution in [3.05, 3.63) is 71.6 Å². The number of ether oxygens (including phenoxy) is 1. The number of rotatable bonds is 2. The molecule has 4 heteroatoms. The molecule has 0 aromatic heterocycles. The van der Waals surface area contributed by atoms with Gasteiger partial charge in [-0.1, -0.05) is 18.7 Å². The first kappa shape index (κ1) is 14.0. The van der Waals surface area contributed by atoms with Crippen LogP contribution in [0, 0.1) is 5.82 Å². The maximum absolute atomic E-state index is 14.5. The standard InChI is InChI=1S/C17H17F2NO/c1-12-10-15(16(19)11-20(12)2)17(8-3-9-21-17)13-4-6-14(18)7-5-13/h4-7,10-11H,1,3,8-9H2,2H3. The molecule has 3 rings (SSSR count). The second kappa shape index (κ2) is 5.11. The van der Waals surface area contributed by atoms with E-state index in [0.29, 0.717) is 24.3 Å². The predicted octanol–water partition coefficient (Wildman–Crippen LogP) is 4.03. The van der Waals surface area contributed by atoms with Crippen LogP contribution in [0.5, 0.6) is 0 Å². The van der Waals surface area contributed by atoms with Crippen molar-refractivity contribution in [1.29, 1.82) is 0 Å². The summed E-state index contributed by atoms with van der Waals surface area (Å²) in [5.74, 6) is -0.652. The highest BCUT2D eigenvalue weighted by molar-refractivity contribution is 5.48. The lowest BCUT2D eigenvalue weighted by Crippen LogP contribution is -2.30. The molecular weight excluding hydrogens is 272 g/mol. The van der Waals surface area contributed by atoms with Crippen LogP contribution in [-0.2, 0) is 10.3 Å². The van der Waals surface area contributed by atoms with Crippen molar-refractivity contribution in [2.45, 2.75) is 18.4 Å². The fourth-order valence-electron chi connectivity index (χ4n) is 2.92. The quantitative estimate of drug-likeness (QED) is 0.815. The van der Waals surface area contributed by atoms with Crippen LogP contribution in [0.2, 0.25) is 0 Å². The van der Waals surface area contributed by atoms with Gasteiger partial charge in [0.2, 0.25) is 0 Å². The topological polar surface area (TPSA) is 12.5 Å². The van der Waals surface area contributed by atoms with Crippen LogP contribution in [-0.4, -0.2) is 18.6 Å². The summed E-state index contributed by atoms with van der Waals surface area (Å²) in [6.45, 7) is 4.47. The van der Waals surface area contributed by atoms with Gasteiger partial charge in [0.25, 0.3) is 0 Å². The number of nitrogens with zero attached hydrogens (tertiary/aromatic N) is 1. The maximum atomic E-state index is 14.5. The first-order valence-corrected chi connectivity index (χ1v) is 6.94. The molecule has 1 aromatic rings. The van der Waals surface area contributed by atoms with Crippen LogP contribution < -0.4 is 0 Å². The van der Waals surface area contributed by atoms with E-state index in [1.165, 1.54) is 18.3 Å². The van der Waals surface area contributed by atoms with Gasteiger partial charge in [0.1, 0.15) is 17.2 Å². The molecule has 2 nitrogen and oxygen atoms in total. The van der Waals surface area contributed by atoms with Gasteiger partial charge >= 0.3 is 0 Å². The van der Waals surface area contributed by atoms with Crippen LogP contribution in [0.1, 0.15) is 18.4 Å². The molecule has 0 radical (unpaired) electrons. The number of allylic oxidation sites excluding steroid dienone is 1. The van der Waals surface area contributed by atoms with Crippen LogP contribution in [0.15, 0.2) is 60.2 Å². The summed E-state index contributed by atoms with van der Waals surface area (Å²) in [6.07, 6.45) is 4.63. The zero-order valence-corrected chi connectivity index (χ0v) is 11.9. The molecular formula is C17H17F2NO. The van der Waals surface area contributed by atoms with E-state index in [-0.39, 0.29) is 11.6 Å². The molecule has 0 bridgehead atoms. The van der Waals surface area contributed by atoms with Crippen LogP contribution in [0.4, 0.5) is 8.78 Å².